The fourth-order valence-electron chi connectivity index (χ4n) is 6.03. The molecule has 0 spiro atoms. The summed E-state index contributed by atoms with van der Waals surface area (Å²) in [5.74, 6) is 0.672. The number of carbonyl (C=O) groups excluding carboxylic acids is 4. The van der Waals surface area contributed by atoms with E-state index in [1.165, 1.54) is 26.2 Å². The van der Waals surface area contributed by atoms with Gasteiger partial charge in [-0.1, -0.05) is 0 Å². The molecule has 5 rings (SSSR count). The molecular weight excluding hydrogens is 362 g/mol. The predicted molar refractivity (Wildman–Crippen MR) is 98.9 cm³/mol. The molecule has 8 nitrogen and oxygen atoms in total. The lowest BCUT2D eigenvalue weighted by Gasteiger charge is -2.55. The van der Waals surface area contributed by atoms with E-state index in [1.54, 1.807) is 6.92 Å². The molecule has 0 aromatic rings. The van der Waals surface area contributed by atoms with Crippen LogP contribution in [0.4, 0.5) is 4.79 Å². The molecule has 4 aliphatic carbocycles. The van der Waals surface area contributed by atoms with E-state index in [2.05, 4.69) is 10.6 Å². The van der Waals surface area contributed by atoms with E-state index in [1.807, 2.05) is 0 Å². The number of amides is 4. The van der Waals surface area contributed by atoms with Crippen molar-refractivity contribution >= 4 is 23.8 Å². The first-order valence-corrected chi connectivity index (χ1v) is 10.4. The van der Waals surface area contributed by atoms with Crippen LogP contribution in [0, 0.1) is 23.2 Å². The summed E-state index contributed by atoms with van der Waals surface area (Å²) in [7, 11) is 0. The van der Waals surface area contributed by atoms with E-state index in [9.17, 15) is 19.2 Å². The van der Waals surface area contributed by atoms with Gasteiger partial charge in [0.15, 0.2) is 6.10 Å². The normalized spacial score (nSPS) is 35.3. The highest BCUT2D eigenvalue weighted by Gasteiger charge is 2.54. The zero-order valence-corrected chi connectivity index (χ0v) is 16.5. The van der Waals surface area contributed by atoms with E-state index in [0.717, 1.165) is 24.2 Å². The highest BCUT2D eigenvalue weighted by atomic mass is 16.5. The Kier molecular flexibility index (Phi) is 4.83. The Morgan fingerprint density at radius 3 is 2.18 bits per heavy atom. The second-order valence-electron chi connectivity index (χ2n) is 9.19. The van der Waals surface area contributed by atoms with Crippen LogP contribution >= 0.6 is 0 Å². The van der Waals surface area contributed by atoms with Gasteiger partial charge >= 0.3 is 12.0 Å². The van der Waals surface area contributed by atoms with Crippen LogP contribution in [-0.4, -0.2) is 54.0 Å². The third-order valence-corrected chi connectivity index (χ3v) is 6.98. The van der Waals surface area contributed by atoms with Crippen molar-refractivity contribution in [3.05, 3.63) is 0 Å². The summed E-state index contributed by atoms with van der Waals surface area (Å²) in [6.45, 7) is 3.68. The second-order valence-corrected chi connectivity index (χ2v) is 9.19. The summed E-state index contributed by atoms with van der Waals surface area (Å²) in [5, 5.41) is 5.38. The molecule has 2 N–H and O–H groups in total. The van der Waals surface area contributed by atoms with E-state index in [4.69, 9.17) is 4.74 Å². The molecule has 4 amide bonds. The Labute approximate surface area is 164 Å². The topological polar surface area (TPSA) is 105 Å². The minimum Gasteiger partial charge on any atom is -0.451 e. The molecule has 1 heterocycles. The highest BCUT2D eigenvalue weighted by Crippen LogP contribution is 2.60. The number of imide groups is 1. The Morgan fingerprint density at radius 1 is 1.11 bits per heavy atom. The van der Waals surface area contributed by atoms with Crippen LogP contribution < -0.4 is 10.6 Å². The fraction of sp³-hybridized carbons (Fsp3) is 0.800. The van der Waals surface area contributed by atoms with Crippen molar-refractivity contribution in [2.75, 3.05) is 13.1 Å². The van der Waals surface area contributed by atoms with Gasteiger partial charge in [0.2, 0.25) is 5.91 Å². The first kappa shape index (κ1) is 19.2. The minimum atomic E-state index is -1.07. The van der Waals surface area contributed by atoms with Crippen LogP contribution in [0.25, 0.3) is 0 Å². The molecule has 4 saturated carbocycles. The number of esters is 1. The van der Waals surface area contributed by atoms with Crippen LogP contribution in [0.2, 0.25) is 0 Å². The van der Waals surface area contributed by atoms with Gasteiger partial charge in [-0.3, -0.25) is 14.5 Å². The number of nitrogens with zero attached hydrogens (tertiary/aromatic N) is 1. The standard InChI is InChI=1S/C20H29N3O5/c1-11(17(25)28-12(2)16(24)23-4-3-21-19(23)27)22-18(26)20-8-13-5-14(9-20)7-15(6-13)10-20/h11-15H,3-10H2,1-2H3,(H,21,27)(H,22,26)/t11-,12+,13?,14?,15?,20?/m0/s1. The Bertz CT molecular complexity index is 671. The first-order chi connectivity index (χ1) is 13.3. The number of carbonyl (C=O) groups is 4. The van der Waals surface area contributed by atoms with E-state index >= 15 is 0 Å². The Morgan fingerprint density at radius 2 is 1.68 bits per heavy atom. The second kappa shape index (κ2) is 7.04. The minimum absolute atomic E-state index is 0.0473. The summed E-state index contributed by atoms with van der Waals surface area (Å²) in [4.78, 5) is 50.3. The molecule has 5 fully saturated rings. The van der Waals surface area contributed by atoms with Crippen molar-refractivity contribution in [1.82, 2.24) is 15.5 Å². The summed E-state index contributed by atoms with van der Waals surface area (Å²) in [5.41, 5.74) is -0.335. The van der Waals surface area contributed by atoms with Crippen molar-refractivity contribution in [3.63, 3.8) is 0 Å². The van der Waals surface area contributed by atoms with Gasteiger partial charge in [0.25, 0.3) is 5.91 Å². The van der Waals surface area contributed by atoms with Gasteiger partial charge in [-0.25, -0.2) is 9.59 Å². The summed E-state index contributed by atoms with van der Waals surface area (Å²) >= 11 is 0. The monoisotopic (exact) mass is 391 g/mol. The summed E-state index contributed by atoms with van der Waals surface area (Å²) in [6, 6.07) is -1.31. The smallest absolute Gasteiger partial charge is 0.329 e. The van der Waals surface area contributed by atoms with Gasteiger partial charge in [0.1, 0.15) is 6.04 Å². The molecule has 28 heavy (non-hydrogen) atoms. The molecule has 8 heteroatoms. The number of nitrogens with one attached hydrogen (secondary N) is 2. The predicted octanol–water partition coefficient (Wildman–Crippen LogP) is 1.19. The van der Waals surface area contributed by atoms with Crippen molar-refractivity contribution in [1.29, 1.82) is 0 Å². The van der Waals surface area contributed by atoms with E-state index in [0.29, 0.717) is 24.3 Å². The lowest BCUT2D eigenvalue weighted by molar-refractivity contribution is -0.161. The third-order valence-electron chi connectivity index (χ3n) is 6.98. The largest absolute Gasteiger partial charge is 0.451 e. The van der Waals surface area contributed by atoms with Crippen LogP contribution in [0.15, 0.2) is 0 Å². The number of rotatable bonds is 5. The maximum atomic E-state index is 13.0. The van der Waals surface area contributed by atoms with Gasteiger partial charge in [0, 0.05) is 18.5 Å². The Hall–Kier alpha value is -2.12. The average Bonchev–Trinajstić information content (AvgIpc) is 3.05. The number of ether oxygens (including phenoxy) is 1. The maximum absolute atomic E-state index is 13.0. The number of hydrogen-bond acceptors (Lipinski definition) is 5. The molecule has 1 aliphatic heterocycles. The molecule has 1 saturated heterocycles. The van der Waals surface area contributed by atoms with Gasteiger partial charge in [0.05, 0.1) is 0 Å². The molecule has 0 aromatic heterocycles. The lowest BCUT2D eigenvalue weighted by Crippen LogP contribution is -2.56. The van der Waals surface area contributed by atoms with Crippen molar-refractivity contribution < 1.29 is 23.9 Å². The van der Waals surface area contributed by atoms with Gasteiger partial charge in [-0.2, -0.15) is 0 Å². The molecular formula is C20H29N3O5. The highest BCUT2D eigenvalue weighted by molar-refractivity contribution is 5.98. The maximum Gasteiger partial charge on any atom is 0.329 e. The molecule has 5 aliphatic rings. The molecule has 154 valence electrons. The molecule has 0 aromatic carbocycles. The third kappa shape index (κ3) is 3.37. The van der Waals surface area contributed by atoms with E-state index < -0.39 is 30.1 Å². The lowest BCUT2D eigenvalue weighted by atomic mass is 9.49. The Balaban J connectivity index is 1.32. The van der Waals surface area contributed by atoms with E-state index in [-0.39, 0.29) is 17.9 Å². The fourth-order valence-corrected chi connectivity index (χ4v) is 6.03. The summed E-state index contributed by atoms with van der Waals surface area (Å²) < 4.78 is 5.23. The van der Waals surface area contributed by atoms with Gasteiger partial charge in [-0.15, -0.1) is 0 Å². The number of urea groups is 1. The molecule has 2 atom stereocenters. The zero-order chi connectivity index (χ0) is 20.1. The van der Waals surface area contributed by atoms with Gasteiger partial charge < -0.3 is 15.4 Å². The first-order valence-electron chi connectivity index (χ1n) is 10.4. The molecule has 4 bridgehead atoms. The van der Waals surface area contributed by atoms with Crippen molar-refractivity contribution in [2.45, 2.75) is 64.5 Å². The molecule has 0 unspecified atom stereocenters. The van der Waals surface area contributed by atoms with Crippen LogP contribution in [0.3, 0.4) is 0 Å². The number of hydrogen-bond donors (Lipinski definition) is 2. The van der Waals surface area contributed by atoms with Crippen molar-refractivity contribution in [2.24, 2.45) is 23.2 Å². The zero-order valence-electron chi connectivity index (χ0n) is 16.5. The van der Waals surface area contributed by atoms with Crippen LogP contribution in [-0.2, 0) is 19.1 Å². The quantitative estimate of drug-likeness (QED) is 0.685. The van der Waals surface area contributed by atoms with Crippen molar-refractivity contribution in [3.8, 4) is 0 Å². The SMILES string of the molecule is C[C@H](NC(=O)C12CC3CC(CC(C3)C1)C2)C(=O)O[C@H](C)C(=O)N1CCNC1=O. The van der Waals surface area contributed by atoms with Crippen LogP contribution in [0.5, 0.6) is 0 Å². The van der Waals surface area contributed by atoms with Gasteiger partial charge in [-0.05, 0) is 70.1 Å². The average molecular weight is 391 g/mol. The summed E-state index contributed by atoms with van der Waals surface area (Å²) in [6.07, 6.45) is 5.42. The molecule has 0 radical (unpaired) electrons. The van der Waals surface area contributed by atoms with Crippen LogP contribution in [0.1, 0.15) is 52.4 Å².